The fraction of sp³-hybridized carbons (Fsp3) is 0.368. The van der Waals surface area contributed by atoms with Crippen LogP contribution >= 0.6 is 0 Å². The van der Waals surface area contributed by atoms with Crippen molar-refractivity contribution in [3.63, 3.8) is 0 Å². The molecule has 1 aliphatic heterocycles. The third-order valence-corrected chi connectivity index (χ3v) is 4.95. The van der Waals surface area contributed by atoms with Crippen LogP contribution in [0.1, 0.15) is 37.4 Å². The van der Waals surface area contributed by atoms with Crippen molar-refractivity contribution < 1.29 is 9.59 Å². The first-order valence-electron chi connectivity index (χ1n) is 8.63. The van der Waals surface area contributed by atoms with Crippen LogP contribution in [0.2, 0.25) is 0 Å². The molecule has 0 spiro atoms. The number of anilines is 1. The van der Waals surface area contributed by atoms with Crippen molar-refractivity contribution in [2.45, 2.75) is 32.7 Å². The highest BCUT2D eigenvalue weighted by Gasteiger charge is 2.22. The van der Waals surface area contributed by atoms with Crippen LogP contribution in [0, 0.1) is 0 Å². The molecule has 1 atom stereocenters. The molecule has 7 nitrogen and oxygen atoms in total. The van der Waals surface area contributed by atoms with Gasteiger partial charge in [0.05, 0.1) is 6.04 Å². The van der Waals surface area contributed by atoms with Crippen LogP contribution in [0.3, 0.4) is 0 Å². The number of hydrogen-bond acceptors (Lipinski definition) is 4. The van der Waals surface area contributed by atoms with Gasteiger partial charge in [-0.25, -0.2) is 9.78 Å². The van der Waals surface area contributed by atoms with Crippen LogP contribution < -0.4 is 10.6 Å². The monoisotopic (exact) mass is 353 g/mol. The van der Waals surface area contributed by atoms with E-state index in [1.807, 2.05) is 19.1 Å². The Morgan fingerprint density at radius 2 is 1.96 bits per heavy atom. The van der Waals surface area contributed by atoms with Gasteiger partial charge in [-0.15, -0.1) is 0 Å². The van der Waals surface area contributed by atoms with E-state index in [0.29, 0.717) is 12.4 Å². The Kier molecular flexibility index (Phi) is 4.88. The summed E-state index contributed by atoms with van der Waals surface area (Å²) >= 11 is 0. The highest BCUT2D eigenvalue weighted by molar-refractivity contribution is 5.91. The Morgan fingerprint density at radius 1 is 1.23 bits per heavy atom. The van der Waals surface area contributed by atoms with Gasteiger partial charge in [0.25, 0.3) is 0 Å². The number of urea groups is 1. The number of amides is 3. The predicted molar refractivity (Wildman–Crippen MR) is 99.6 cm³/mol. The zero-order valence-electron chi connectivity index (χ0n) is 15.3. The summed E-state index contributed by atoms with van der Waals surface area (Å²) in [5.41, 5.74) is 9.26. The van der Waals surface area contributed by atoms with Gasteiger partial charge in [0, 0.05) is 50.2 Å². The zero-order chi connectivity index (χ0) is 18.8. The Labute approximate surface area is 152 Å². The summed E-state index contributed by atoms with van der Waals surface area (Å²) in [5.74, 6) is 0.645. The van der Waals surface area contributed by atoms with Crippen molar-refractivity contribution in [2.75, 3.05) is 18.5 Å². The second-order valence-corrected chi connectivity index (χ2v) is 6.61. The second-order valence-electron chi connectivity index (χ2n) is 6.61. The van der Waals surface area contributed by atoms with Gasteiger partial charge in [-0.1, -0.05) is 0 Å². The summed E-state index contributed by atoms with van der Waals surface area (Å²) in [4.78, 5) is 35.2. The van der Waals surface area contributed by atoms with Crippen molar-refractivity contribution in [1.29, 1.82) is 0 Å². The summed E-state index contributed by atoms with van der Waals surface area (Å²) < 4.78 is 0. The molecular formula is C19H23N5O2. The van der Waals surface area contributed by atoms with Gasteiger partial charge < -0.3 is 10.6 Å². The molecule has 2 aromatic rings. The van der Waals surface area contributed by atoms with E-state index in [9.17, 15) is 9.59 Å². The fourth-order valence-corrected chi connectivity index (χ4v) is 3.18. The van der Waals surface area contributed by atoms with Gasteiger partial charge in [-0.05, 0) is 43.0 Å². The zero-order valence-corrected chi connectivity index (χ0v) is 15.3. The Balaban J connectivity index is 1.94. The van der Waals surface area contributed by atoms with Crippen LogP contribution in [0.5, 0.6) is 0 Å². The van der Waals surface area contributed by atoms with E-state index in [1.165, 1.54) is 4.90 Å². The van der Waals surface area contributed by atoms with Crippen LogP contribution in [-0.4, -0.2) is 40.4 Å². The summed E-state index contributed by atoms with van der Waals surface area (Å²) in [6.45, 7) is 4.12. The Morgan fingerprint density at radius 3 is 2.65 bits per heavy atom. The lowest BCUT2D eigenvalue weighted by Gasteiger charge is -2.27. The number of carbonyl (C=O) groups is 2. The molecule has 3 rings (SSSR count). The van der Waals surface area contributed by atoms with Crippen LogP contribution in [0.15, 0.2) is 30.7 Å². The molecule has 0 aromatic carbocycles. The number of aromatic nitrogens is 2. The molecule has 0 unspecified atom stereocenters. The maximum Gasteiger partial charge on any atom is 0.320 e. The minimum Gasteiger partial charge on any atom is -0.351 e. The molecule has 3 amide bonds. The van der Waals surface area contributed by atoms with E-state index in [0.717, 1.165) is 35.1 Å². The topological polar surface area (TPSA) is 92.4 Å². The smallest absolute Gasteiger partial charge is 0.320 e. The lowest BCUT2D eigenvalue weighted by atomic mass is 9.99. The quantitative estimate of drug-likeness (QED) is 0.917. The van der Waals surface area contributed by atoms with Crippen LogP contribution in [0.4, 0.5) is 10.6 Å². The Hall–Kier alpha value is -2.96. The molecule has 0 radical (unpaired) electrons. The second kappa shape index (κ2) is 7.11. The lowest BCUT2D eigenvalue weighted by Crippen LogP contribution is -2.40. The number of carbonyl (C=O) groups excluding carboxylic acids is 2. The van der Waals surface area contributed by atoms with Crippen molar-refractivity contribution in [3.05, 3.63) is 41.9 Å². The van der Waals surface area contributed by atoms with Crippen molar-refractivity contribution in [3.8, 4) is 11.1 Å². The molecule has 0 saturated carbocycles. The predicted octanol–water partition coefficient (Wildman–Crippen LogP) is 2.51. The molecule has 2 aromatic heterocycles. The molecule has 7 heteroatoms. The molecule has 1 aliphatic rings. The Bertz CT molecular complexity index is 852. The highest BCUT2D eigenvalue weighted by atomic mass is 16.2. The van der Waals surface area contributed by atoms with Gasteiger partial charge in [0.2, 0.25) is 5.91 Å². The average molecular weight is 353 g/mol. The van der Waals surface area contributed by atoms with Gasteiger partial charge in [0.1, 0.15) is 5.82 Å². The third-order valence-electron chi connectivity index (χ3n) is 4.95. The molecule has 0 bridgehead atoms. The van der Waals surface area contributed by atoms with Crippen molar-refractivity contribution >= 4 is 17.8 Å². The number of primary amides is 1. The van der Waals surface area contributed by atoms with E-state index in [4.69, 9.17) is 5.73 Å². The van der Waals surface area contributed by atoms with Gasteiger partial charge >= 0.3 is 6.03 Å². The maximum absolute atomic E-state index is 11.6. The summed E-state index contributed by atoms with van der Waals surface area (Å²) in [7, 11) is 1.78. The molecule has 136 valence electrons. The number of nitrogens with zero attached hydrogens (tertiary/aromatic N) is 4. The number of rotatable bonds is 3. The van der Waals surface area contributed by atoms with E-state index >= 15 is 0 Å². The standard InChI is InChI=1S/C19H23N5O2/c1-12(23(3)13(2)25)15-8-16(10-21-9-15)17-7-14-5-4-6-24(19(20)26)18(14)22-11-17/h7-12H,4-6H2,1-3H3,(H2,20,26)/t12-/m1/s1. The number of pyridine rings is 2. The minimum atomic E-state index is -0.476. The van der Waals surface area contributed by atoms with Gasteiger partial charge in [-0.3, -0.25) is 14.7 Å². The largest absolute Gasteiger partial charge is 0.351 e. The van der Waals surface area contributed by atoms with Crippen molar-refractivity contribution in [2.24, 2.45) is 5.73 Å². The molecule has 26 heavy (non-hydrogen) atoms. The molecular weight excluding hydrogens is 330 g/mol. The average Bonchev–Trinajstić information content (AvgIpc) is 2.65. The number of aryl methyl sites for hydroxylation is 1. The first kappa shape index (κ1) is 17.8. The molecule has 2 N–H and O–H groups in total. The van der Waals surface area contributed by atoms with Crippen LogP contribution in [0.25, 0.3) is 11.1 Å². The normalized spacial score (nSPS) is 14.5. The van der Waals surface area contributed by atoms with Gasteiger partial charge in [-0.2, -0.15) is 0 Å². The first-order valence-corrected chi connectivity index (χ1v) is 8.63. The van der Waals surface area contributed by atoms with Crippen LogP contribution in [-0.2, 0) is 11.2 Å². The number of nitrogens with two attached hydrogens (primary N) is 1. The SMILES string of the molecule is CC(=O)N(C)[C@H](C)c1cncc(-c2cnc3c(c2)CCCN3C(N)=O)c1. The van der Waals surface area contributed by atoms with Crippen molar-refractivity contribution in [1.82, 2.24) is 14.9 Å². The highest BCUT2D eigenvalue weighted by Crippen LogP contribution is 2.30. The molecule has 0 fully saturated rings. The molecule has 0 saturated heterocycles. The molecule has 3 heterocycles. The van der Waals surface area contributed by atoms with E-state index in [1.54, 1.807) is 37.5 Å². The van der Waals surface area contributed by atoms with Gasteiger partial charge in [0.15, 0.2) is 0 Å². The van der Waals surface area contributed by atoms with E-state index in [-0.39, 0.29) is 11.9 Å². The fourth-order valence-electron chi connectivity index (χ4n) is 3.18. The maximum atomic E-state index is 11.6. The van der Waals surface area contributed by atoms with E-state index in [2.05, 4.69) is 9.97 Å². The number of fused-ring (bicyclic) bond motifs is 1. The minimum absolute atomic E-state index is 0.00453. The first-order chi connectivity index (χ1) is 12.4. The third kappa shape index (κ3) is 3.37. The lowest BCUT2D eigenvalue weighted by molar-refractivity contribution is -0.129. The number of hydrogen-bond donors (Lipinski definition) is 1. The summed E-state index contributed by atoms with van der Waals surface area (Å²) in [6, 6.07) is 3.51. The summed E-state index contributed by atoms with van der Waals surface area (Å²) in [5, 5.41) is 0. The molecule has 0 aliphatic carbocycles. The van der Waals surface area contributed by atoms with E-state index < -0.39 is 6.03 Å². The summed E-state index contributed by atoms with van der Waals surface area (Å²) in [6.07, 6.45) is 7.01.